The number of alkyl halides is 1. The zero-order valence-electron chi connectivity index (χ0n) is 12.4. The quantitative estimate of drug-likeness (QED) is 0.821. The first-order chi connectivity index (χ1) is 9.61. The molecule has 0 heterocycles. The van der Waals surface area contributed by atoms with Crippen LogP contribution >= 0.6 is 11.6 Å². The van der Waals surface area contributed by atoms with Crippen LogP contribution in [0, 0.1) is 11.8 Å². The largest absolute Gasteiger partial charge is 0.349 e. The number of nitrogens with one attached hydrogen (secondary N) is 1. The zero-order valence-corrected chi connectivity index (χ0v) is 13.1. The fraction of sp³-hybridized carbons (Fsp3) is 0.588. The predicted octanol–water partition coefficient (Wildman–Crippen LogP) is 4.37. The minimum absolute atomic E-state index is 0.0366. The van der Waals surface area contributed by atoms with Gasteiger partial charge in [-0.1, -0.05) is 38.8 Å². The van der Waals surface area contributed by atoms with Gasteiger partial charge in [-0.3, -0.25) is 4.79 Å². The Morgan fingerprint density at radius 2 is 2.10 bits per heavy atom. The smallest absolute Gasteiger partial charge is 0.251 e. The van der Waals surface area contributed by atoms with Crippen LogP contribution in [-0.2, 0) is 5.88 Å². The lowest BCUT2D eigenvalue weighted by molar-refractivity contribution is 0.0889. The van der Waals surface area contributed by atoms with Gasteiger partial charge in [0.05, 0.1) is 0 Å². The van der Waals surface area contributed by atoms with Gasteiger partial charge in [-0.05, 0) is 42.4 Å². The van der Waals surface area contributed by atoms with E-state index in [-0.39, 0.29) is 5.91 Å². The van der Waals surface area contributed by atoms with E-state index in [9.17, 15) is 4.79 Å². The molecule has 2 nitrogen and oxygen atoms in total. The number of carbonyl (C=O) groups is 1. The minimum atomic E-state index is 0.0366. The van der Waals surface area contributed by atoms with E-state index in [2.05, 4.69) is 19.2 Å². The Bertz CT molecular complexity index is 458. The maximum atomic E-state index is 12.4. The van der Waals surface area contributed by atoms with Crippen LogP contribution in [0.25, 0.3) is 0 Å². The van der Waals surface area contributed by atoms with Crippen molar-refractivity contribution in [2.75, 3.05) is 0 Å². The van der Waals surface area contributed by atoms with Crippen molar-refractivity contribution >= 4 is 17.5 Å². The van der Waals surface area contributed by atoms with E-state index in [4.69, 9.17) is 11.6 Å². The van der Waals surface area contributed by atoms with Crippen molar-refractivity contribution in [3.63, 3.8) is 0 Å². The number of amides is 1. The Balaban J connectivity index is 2.05. The van der Waals surface area contributed by atoms with Gasteiger partial charge in [0.2, 0.25) is 0 Å². The fourth-order valence-electron chi connectivity index (χ4n) is 3.18. The Hall–Kier alpha value is -1.02. The molecule has 0 bridgehead atoms. The number of carbonyl (C=O) groups excluding carboxylic acids is 1. The third kappa shape index (κ3) is 3.76. The summed E-state index contributed by atoms with van der Waals surface area (Å²) in [7, 11) is 0. The van der Waals surface area contributed by atoms with E-state index >= 15 is 0 Å². The zero-order chi connectivity index (χ0) is 14.5. The first-order valence-electron chi connectivity index (χ1n) is 7.57. The fourth-order valence-corrected chi connectivity index (χ4v) is 3.35. The highest BCUT2D eigenvalue weighted by molar-refractivity contribution is 6.17. The summed E-state index contributed by atoms with van der Waals surface area (Å²) >= 11 is 5.83. The van der Waals surface area contributed by atoms with Crippen LogP contribution < -0.4 is 5.32 Å². The summed E-state index contributed by atoms with van der Waals surface area (Å²) in [6, 6.07) is 7.90. The van der Waals surface area contributed by atoms with Crippen molar-refractivity contribution in [2.45, 2.75) is 51.5 Å². The molecule has 1 saturated carbocycles. The van der Waals surface area contributed by atoms with Crippen LogP contribution in [0.4, 0.5) is 0 Å². The summed E-state index contributed by atoms with van der Waals surface area (Å²) in [5.74, 6) is 1.70. The van der Waals surface area contributed by atoms with E-state index in [1.807, 2.05) is 24.3 Å². The molecular formula is C17H24ClNO. The molecule has 1 aliphatic rings. The molecule has 3 heteroatoms. The number of hydrogen-bond donors (Lipinski definition) is 1. The molecule has 0 radical (unpaired) electrons. The third-order valence-corrected chi connectivity index (χ3v) is 4.64. The third-order valence-electron chi connectivity index (χ3n) is 4.34. The Morgan fingerprint density at radius 1 is 1.35 bits per heavy atom. The van der Waals surface area contributed by atoms with Crippen LogP contribution in [0.15, 0.2) is 24.3 Å². The minimum Gasteiger partial charge on any atom is -0.349 e. The topological polar surface area (TPSA) is 29.1 Å². The standard InChI is InChI=1S/C17H24ClNO/c1-12(2)15-8-3-4-9-16(15)19-17(20)14-7-5-6-13(10-14)11-18/h5-7,10,12,15-16H,3-4,8-9,11H2,1-2H3,(H,19,20). The number of rotatable bonds is 4. The summed E-state index contributed by atoms with van der Waals surface area (Å²) < 4.78 is 0. The maximum Gasteiger partial charge on any atom is 0.251 e. The molecule has 1 fully saturated rings. The summed E-state index contributed by atoms with van der Waals surface area (Å²) in [5.41, 5.74) is 1.71. The van der Waals surface area contributed by atoms with Gasteiger partial charge < -0.3 is 5.32 Å². The molecule has 1 amide bonds. The highest BCUT2D eigenvalue weighted by atomic mass is 35.5. The number of hydrogen-bond acceptors (Lipinski definition) is 1. The highest BCUT2D eigenvalue weighted by Crippen LogP contribution is 2.30. The van der Waals surface area contributed by atoms with Crippen LogP contribution in [0.1, 0.15) is 55.5 Å². The first kappa shape index (κ1) is 15.4. The molecule has 0 aliphatic heterocycles. The van der Waals surface area contributed by atoms with E-state index < -0.39 is 0 Å². The van der Waals surface area contributed by atoms with Crippen molar-refractivity contribution in [1.29, 1.82) is 0 Å². The van der Waals surface area contributed by atoms with Crippen molar-refractivity contribution < 1.29 is 4.79 Å². The Labute approximate surface area is 126 Å². The van der Waals surface area contributed by atoms with Gasteiger partial charge in [0.25, 0.3) is 5.91 Å². The second-order valence-electron chi connectivity index (χ2n) is 6.11. The number of benzene rings is 1. The lowest BCUT2D eigenvalue weighted by Gasteiger charge is -2.34. The Kier molecular flexibility index (Phi) is 5.47. The van der Waals surface area contributed by atoms with Crippen molar-refractivity contribution in [3.8, 4) is 0 Å². The van der Waals surface area contributed by atoms with E-state index in [1.54, 1.807) is 0 Å². The predicted molar refractivity (Wildman–Crippen MR) is 84.0 cm³/mol. The number of halogens is 1. The molecule has 1 aliphatic carbocycles. The summed E-state index contributed by atoms with van der Waals surface area (Å²) in [5, 5.41) is 3.24. The molecular weight excluding hydrogens is 270 g/mol. The molecule has 2 unspecified atom stereocenters. The van der Waals surface area contributed by atoms with Crippen LogP contribution in [-0.4, -0.2) is 11.9 Å². The van der Waals surface area contributed by atoms with Gasteiger partial charge in [0.1, 0.15) is 0 Å². The molecule has 0 saturated heterocycles. The molecule has 1 aromatic carbocycles. The SMILES string of the molecule is CC(C)C1CCCCC1NC(=O)c1cccc(CCl)c1. The van der Waals surface area contributed by atoms with E-state index in [0.717, 1.165) is 17.5 Å². The average Bonchev–Trinajstić information content (AvgIpc) is 2.47. The summed E-state index contributed by atoms with van der Waals surface area (Å²) in [6.07, 6.45) is 4.83. The van der Waals surface area contributed by atoms with Gasteiger partial charge in [-0.2, -0.15) is 0 Å². The van der Waals surface area contributed by atoms with Crippen molar-refractivity contribution in [2.24, 2.45) is 11.8 Å². The molecule has 2 rings (SSSR count). The van der Waals surface area contributed by atoms with Gasteiger partial charge >= 0.3 is 0 Å². The van der Waals surface area contributed by atoms with Gasteiger partial charge in [0.15, 0.2) is 0 Å². The van der Waals surface area contributed by atoms with E-state index in [1.165, 1.54) is 19.3 Å². The van der Waals surface area contributed by atoms with Gasteiger partial charge in [-0.25, -0.2) is 0 Å². The molecule has 20 heavy (non-hydrogen) atoms. The van der Waals surface area contributed by atoms with Crippen LogP contribution in [0.2, 0.25) is 0 Å². The maximum absolute atomic E-state index is 12.4. The summed E-state index contributed by atoms with van der Waals surface area (Å²) in [6.45, 7) is 4.51. The Morgan fingerprint density at radius 3 is 2.80 bits per heavy atom. The van der Waals surface area contributed by atoms with Crippen LogP contribution in [0.5, 0.6) is 0 Å². The molecule has 2 atom stereocenters. The van der Waals surface area contributed by atoms with Gasteiger partial charge in [0, 0.05) is 17.5 Å². The highest BCUT2D eigenvalue weighted by Gasteiger charge is 2.28. The molecule has 0 aromatic heterocycles. The van der Waals surface area contributed by atoms with Crippen molar-refractivity contribution in [3.05, 3.63) is 35.4 Å². The molecule has 1 N–H and O–H groups in total. The normalized spacial score (nSPS) is 22.8. The lowest BCUT2D eigenvalue weighted by atomic mass is 9.78. The molecule has 0 spiro atoms. The monoisotopic (exact) mass is 293 g/mol. The summed E-state index contributed by atoms with van der Waals surface area (Å²) in [4.78, 5) is 12.4. The van der Waals surface area contributed by atoms with Gasteiger partial charge in [-0.15, -0.1) is 11.6 Å². The average molecular weight is 294 g/mol. The molecule has 1 aromatic rings. The van der Waals surface area contributed by atoms with E-state index in [0.29, 0.717) is 23.8 Å². The molecule has 110 valence electrons. The second kappa shape index (κ2) is 7.12. The van der Waals surface area contributed by atoms with Crippen molar-refractivity contribution in [1.82, 2.24) is 5.32 Å². The second-order valence-corrected chi connectivity index (χ2v) is 6.37. The lowest BCUT2D eigenvalue weighted by Crippen LogP contribution is -2.43. The van der Waals surface area contributed by atoms with Crippen LogP contribution in [0.3, 0.4) is 0 Å². The first-order valence-corrected chi connectivity index (χ1v) is 8.11.